The predicted molar refractivity (Wildman–Crippen MR) is 158 cm³/mol. The Labute approximate surface area is 231 Å². The topological polar surface area (TPSA) is 91.1 Å². The van der Waals surface area contributed by atoms with Gasteiger partial charge in [0, 0.05) is 41.4 Å². The SMILES string of the molecule is C=C/C=C\C1=C(C)CC(NC(=O)C/C=C(\C)N=C(CCCCC(=O)O)C(=N/C=C/C)c2ccc(Cl)cc2)C1. The van der Waals surface area contributed by atoms with Gasteiger partial charge in [0.05, 0.1) is 11.4 Å². The number of halogens is 1. The van der Waals surface area contributed by atoms with Crippen LogP contribution in [0, 0.1) is 0 Å². The zero-order valence-electron chi connectivity index (χ0n) is 22.5. The first kappa shape index (κ1) is 30.7. The number of nitrogens with one attached hydrogen (secondary N) is 1. The Bertz CT molecular complexity index is 1170. The van der Waals surface area contributed by atoms with E-state index in [9.17, 15) is 9.59 Å². The van der Waals surface area contributed by atoms with Gasteiger partial charge in [-0.2, -0.15) is 0 Å². The Kier molecular flexibility index (Phi) is 13.2. The zero-order chi connectivity index (χ0) is 27.9. The summed E-state index contributed by atoms with van der Waals surface area (Å²) in [5.74, 6) is -0.864. The van der Waals surface area contributed by atoms with Crippen molar-refractivity contribution >= 4 is 34.9 Å². The molecule has 0 saturated heterocycles. The van der Waals surface area contributed by atoms with Crippen LogP contribution in [0.4, 0.5) is 0 Å². The van der Waals surface area contributed by atoms with E-state index in [1.165, 1.54) is 11.1 Å². The standard InChI is InChI=1S/C31H38ClN3O3/c1-5-7-10-25-21-27(20-22(25)3)35-29(36)18-13-23(4)34-28(11-8-9-12-30(37)38)31(33-19-6-2)24-14-16-26(32)17-15-24/h5-7,10,13-17,19,27H,1,8-9,11-12,18,20-21H2,2-4H3,(H,35,36)(H,37,38)/b10-7-,19-6+,23-13+,33-31?,34-28?. The summed E-state index contributed by atoms with van der Waals surface area (Å²) >= 11 is 6.09. The molecule has 1 aromatic carbocycles. The molecular formula is C31H38ClN3O3. The van der Waals surface area contributed by atoms with Crippen molar-refractivity contribution < 1.29 is 14.7 Å². The number of carboxylic acids is 1. The van der Waals surface area contributed by atoms with Gasteiger partial charge in [-0.3, -0.25) is 19.6 Å². The molecule has 1 amide bonds. The second-order valence-corrected chi connectivity index (χ2v) is 9.69. The van der Waals surface area contributed by atoms with Crippen molar-refractivity contribution in [2.24, 2.45) is 9.98 Å². The normalized spacial score (nSPS) is 17.1. The first-order chi connectivity index (χ1) is 18.2. The van der Waals surface area contributed by atoms with E-state index in [2.05, 4.69) is 29.9 Å². The van der Waals surface area contributed by atoms with Gasteiger partial charge in [-0.25, -0.2) is 0 Å². The number of carbonyl (C=O) groups is 2. The highest BCUT2D eigenvalue weighted by atomic mass is 35.5. The second-order valence-electron chi connectivity index (χ2n) is 9.25. The molecule has 0 fully saturated rings. The Hall–Kier alpha value is -3.51. The highest BCUT2D eigenvalue weighted by Gasteiger charge is 2.21. The second kappa shape index (κ2) is 16.4. The van der Waals surface area contributed by atoms with Crippen LogP contribution in [0.1, 0.15) is 71.3 Å². The third-order valence-corrected chi connectivity index (χ3v) is 6.31. The minimum atomic E-state index is -0.817. The molecule has 1 aliphatic rings. The number of unbranched alkanes of at least 4 members (excludes halogenated alkanes) is 1. The van der Waals surface area contributed by atoms with E-state index in [4.69, 9.17) is 21.7 Å². The molecule has 0 spiro atoms. The average molecular weight is 536 g/mol. The van der Waals surface area contributed by atoms with Crippen molar-refractivity contribution in [3.8, 4) is 0 Å². The van der Waals surface area contributed by atoms with E-state index < -0.39 is 5.97 Å². The van der Waals surface area contributed by atoms with Crippen molar-refractivity contribution in [2.75, 3.05) is 0 Å². The van der Waals surface area contributed by atoms with Gasteiger partial charge in [-0.15, -0.1) is 0 Å². The molecule has 0 aromatic heterocycles. The first-order valence-electron chi connectivity index (χ1n) is 12.9. The lowest BCUT2D eigenvalue weighted by Crippen LogP contribution is -2.32. The molecule has 6 nitrogen and oxygen atoms in total. The van der Waals surface area contributed by atoms with Crippen molar-refractivity contribution in [1.29, 1.82) is 0 Å². The number of allylic oxidation sites excluding steroid dienone is 5. The number of amides is 1. The zero-order valence-corrected chi connectivity index (χ0v) is 23.3. The Morgan fingerprint density at radius 3 is 2.55 bits per heavy atom. The van der Waals surface area contributed by atoms with E-state index >= 15 is 0 Å². The van der Waals surface area contributed by atoms with Crippen molar-refractivity contribution in [1.82, 2.24) is 5.32 Å². The molecule has 0 bridgehead atoms. The Morgan fingerprint density at radius 1 is 1.18 bits per heavy atom. The molecule has 2 N–H and O–H groups in total. The van der Waals surface area contributed by atoms with Crippen LogP contribution in [-0.4, -0.2) is 34.4 Å². The summed E-state index contributed by atoms with van der Waals surface area (Å²) in [6.07, 6.45) is 14.8. The fourth-order valence-electron chi connectivity index (χ4n) is 4.16. The van der Waals surface area contributed by atoms with Crippen LogP contribution >= 0.6 is 11.6 Å². The highest BCUT2D eigenvalue weighted by molar-refractivity contribution is 6.48. The summed E-state index contributed by atoms with van der Waals surface area (Å²) in [4.78, 5) is 33.1. The molecule has 2 rings (SSSR count). The van der Waals surface area contributed by atoms with Gasteiger partial charge in [-0.1, -0.05) is 66.3 Å². The van der Waals surface area contributed by atoms with E-state index in [0.717, 1.165) is 24.1 Å². The monoisotopic (exact) mass is 535 g/mol. The summed E-state index contributed by atoms with van der Waals surface area (Å²) in [5, 5.41) is 12.8. The van der Waals surface area contributed by atoms with E-state index in [1.54, 1.807) is 24.4 Å². The van der Waals surface area contributed by atoms with Gasteiger partial charge >= 0.3 is 5.97 Å². The van der Waals surface area contributed by atoms with Gasteiger partial charge in [0.1, 0.15) is 0 Å². The molecule has 202 valence electrons. The highest BCUT2D eigenvalue weighted by Crippen LogP contribution is 2.27. The molecule has 0 radical (unpaired) electrons. The Morgan fingerprint density at radius 2 is 1.89 bits per heavy atom. The molecule has 1 atom stereocenters. The third-order valence-electron chi connectivity index (χ3n) is 6.06. The number of hydrogen-bond acceptors (Lipinski definition) is 4. The maximum absolute atomic E-state index is 12.7. The fourth-order valence-corrected chi connectivity index (χ4v) is 4.29. The van der Waals surface area contributed by atoms with Crippen LogP contribution in [0.25, 0.3) is 0 Å². The molecular weight excluding hydrogens is 498 g/mol. The average Bonchev–Trinajstić information content (AvgIpc) is 3.23. The summed E-state index contributed by atoms with van der Waals surface area (Å²) in [7, 11) is 0. The van der Waals surface area contributed by atoms with Crippen molar-refractivity contribution in [3.05, 3.63) is 94.9 Å². The number of aliphatic imine (C=N–C) groups is 2. The quantitative estimate of drug-likeness (QED) is 0.148. The summed E-state index contributed by atoms with van der Waals surface area (Å²) in [5.41, 5.74) is 5.52. The number of nitrogens with zero attached hydrogens (tertiary/aromatic N) is 2. The molecule has 0 saturated carbocycles. The summed E-state index contributed by atoms with van der Waals surface area (Å²) < 4.78 is 0. The van der Waals surface area contributed by atoms with Gasteiger partial charge in [0.2, 0.25) is 5.91 Å². The van der Waals surface area contributed by atoms with Crippen LogP contribution < -0.4 is 5.32 Å². The number of carbonyl (C=O) groups excluding carboxylic acids is 1. The van der Waals surface area contributed by atoms with Gasteiger partial charge in [-0.05, 0) is 70.6 Å². The predicted octanol–water partition coefficient (Wildman–Crippen LogP) is 7.38. The smallest absolute Gasteiger partial charge is 0.303 e. The first-order valence-corrected chi connectivity index (χ1v) is 13.3. The minimum absolute atomic E-state index is 0.0465. The van der Waals surface area contributed by atoms with Crippen LogP contribution in [0.3, 0.4) is 0 Å². The van der Waals surface area contributed by atoms with E-state index in [0.29, 0.717) is 35.7 Å². The van der Waals surface area contributed by atoms with Crippen LogP contribution in [0.2, 0.25) is 5.02 Å². The third kappa shape index (κ3) is 10.9. The van der Waals surface area contributed by atoms with Gasteiger partial charge in [0.25, 0.3) is 0 Å². The molecule has 38 heavy (non-hydrogen) atoms. The lowest BCUT2D eigenvalue weighted by atomic mass is 10.0. The summed E-state index contributed by atoms with van der Waals surface area (Å²) in [6, 6.07) is 7.48. The Balaban J connectivity index is 2.18. The molecule has 7 heteroatoms. The fraction of sp³-hybridized carbons (Fsp3) is 0.355. The molecule has 1 unspecified atom stereocenters. The summed E-state index contributed by atoms with van der Waals surface area (Å²) in [6.45, 7) is 9.56. The van der Waals surface area contributed by atoms with Gasteiger partial charge < -0.3 is 10.4 Å². The van der Waals surface area contributed by atoms with E-state index in [-0.39, 0.29) is 24.8 Å². The number of rotatable bonds is 14. The minimum Gasteiger partial charge on any atom is -0.481 e. The van der Waals surface area contributed by atoms with Crippen LogP contribution in [-0.2, 0) is 9.59 Å². The maximum Gasteiger partial charge on any atom is 0.303 e. The number of hydrogen-bond donors (Lipinski definition) is 2. The largest absolute Gasteiger partial charge is 0.481 e. The maximum atomic E-state index is 12.7. The molecule has 0 aliphatic heterocycles. The molecule has 0 heterocycles. The molecule has 1 aliphatic carbocycles. The van der Waals surface area contributed by atoms with Crippen LogP contribution in [0.15, 0.2) is 94.3 Å². The number of aliphatic carboxylic acids is 1. The number of benzene rings is 1. The number of carboxylic acid groups (broad SMARTS) is 1. The lowest BCUT2D eigenvalue weighted by molar-refractivity contribution is -0.137. The van der Waals surface area contributed by atoms with E-state index in [1.807, 2.05) is 44.2 Å². The van der Waals surface area contributed by atoms with Crippen molar-refractivity contribution in [2.45, 2.75) is 71.8 Å². The van der Waals surface area contributed by atoms with Crippen molar-refractivity contribution in [3.63, 3.8) is 0 Å². The van der Waals surface area contributed by atoms with Crippen LogP contribution in [0.5, 0.6) is 0 Å². The lowest BCUT2D eigenvalue weighted by Gasteiger charge is -2.13. The molecule has 1 aromatic rings. The van der Waals surface area contributed by atoms with Gasteiger partial charge in [0.15, 0.2) is 0 Å².